The summed E-state index contributed by atoms with van der Waals surface area (Å²) in [5, 5.41) is 3.53. The average Bonchev–Trinajstić information content (AvgIpc) is 3.10. The van der Waals surface area contributed by atoms with Gasteiger partial charge in [-0.2, -0.15) is 0 Å². The van der Waals surface area contributed by atoms with Crippen LogP contribution >= 0.6 is 24.0 Å². The first kappa shape index (κ1) is 17.0. The summed E-state index contributed by atoms with van der Waals surface area (Å²) in [6.07, 6.45) is 4.98. The molecule has 0 radical (unpaired) electrons. The maximum Gasteiger partial charge on any atom is 0.193 e. The highest BCUT2D eigenvalue weighted by molar-refractivity contribution is 14.0. The Kier molecular flexibility index (Phi) is 7.42. The van der Waals surface area contributed by atoms with E-state index in [2.05, 4.69) is 29.2 Å². The summed E-state index contributed by atoms with van der Waals surface area (Å²) in [5.41, 5.74) is 0. The van der Waals surface area contributed by atoms with E-state index in [1.54, 1.807) is 0 Å². The summed E-state index contributed by atoms with van der Waals surface area (Å²) in [4.78, 5) is 6.64. The lowest BCUT2D eigenvalue weighted by molar-refractivity contribution is 0.0625. The van der Waals surface area contributed by atoms with E-state index in [-0.39, 0.29) is 24.0 Å². The molecule has 2 atom stereocenters. The highest BCUT2D eigenvalue weighted by Crippen LogP contribution is 2.29. The molecule has 4 nitrogen and oxygen atoms in total. The predicted octanol–water partition coefficient (Wildman–Crippen LogP) is 2.34. The third-order valence-electron chi connectivity index (χ3n) is 4.21. The average molecular weight is 381 g/mol. The van der Waals surface area contributed by atoms with Gasteiger partial charge < -0.3 is 15.0 Å². The van der Waals surface area contributed by atoms with E-state index < -0.39 is 0 Å². The van der Waals surface area contributed by atoms with Crippen LogP contribution in [0.4, 0.5) is 0 Å². The van der Waals surface area contributed by atoms with Gasteiger partial charge in [-0.15, -0.1) is 24.0 Å². The molecule has 0 amide bonds. The maximum atomic E-state index is 5.40. The van der Waals surface area contributed by atoms with Crippen molar-refractivity contribution in [3.05, 3.63) is 0 Å². The van der Waals surface area contributed by atoms with Crippen LogP contribution in [-0.2, 0) is 4.74 Å². The molecule has 112 valence electrons. The van der Waals surface area contributed by atoms with Gasteiger partial charge in [0.05, 0.1) is 0 Å². The number of ether oxygens (including phenoxy) is 1. The molecular weight excluding hydrogens is 353 g/mol. The monoisotopic (exact) mass is 381 g/mol. The Morgan fingerprint density at radius 1 is 1.37 bits per heavy atom. The number of nitrogens with one attached hydrogen (secondary N) is 1. The quantitative estimate of drug-likeness (QED) is 0.462. The summed E-state index contributed by atoms with van der Waals surface area (Å²) in [6.45, 7) is 5.26. The summed E-state index contributed by atoms with van der Waals surface area (Å²) < 4.78 is 5.40. The van der Waals surface area contributed by atoms with Gasteiger partial charge in [-0.05, 0) is 37.5 Å². The minimum atomic E-state index is 0. The molecule has 2 unspecified atom stereocenters. The van der Waals surface area contributed by atoms with Crippen LogP contribution in [-0.4, -0.2) is 50.8 Å². The minimum absolute atomic E-state index is 0. The first-order valence-corrected chi connectivity index (χ1v) is 7.23. The summed E-state index contributed by atoms with van der Waals surface area (Å²) in [7, 11) is 4.02. The van der Waals surface area contributed by atoms with Gasteiger partial charge in [0.1, 0.15) is 0 Å². The van der Waals surface area contributed by atoms with Gasteiger partial charge in [-0.3, -0.25) is 4.99 Å². The molecule has 19 heavy (non-hydrogen) atoms. The number of hydrogen-bond acceptors (Lipinski definition) is 2. The second-order valence-electron chi connectivity index (χ2n) is 5.78. The molecule has 5 heteroatoms. The second kappa shape index (κ2) is 8.29. The molecule has 2 fully saturated rings. The lowest BCUT2D eigenvalue weighted by Gasteiger charge is -2.26. The predicted molar refractivity (Wildman–Crippen MR) is 90.3 cm³/mol. The molecule has 2 rings (SSSR count). The highest BCUT2D eigenvalue weighted by Gasteiger charge is 2.33. The van der Waals surface area contributed by atoms with Crippen molar-refractivity contribution >= 4 is 29.9 Å². The van der Waals surface area contributed by atoms with E-state index in [4.69, 9.17) is 4.74 Å². The van der Waals surface area contributed by atoms with Crippen molar-refractivity contribution in [3.8, 4) is 0 Å². The number of nitrogens with zero attached hydrogens (tertiary/aromatic N) is 2. The molecule has 0 aromatic carbocycles. The van der Waals surface area contributed by atoms with Crippen LogP contribution in [0.2, 0.25) is 0 Å². The Balaban J connectivity index is 0.00000180. The number of aliphatic imine (C=N–C) groups is 1. The number of hydrogen-bond donors (Lipinski definition) is 1. The Bertz CT molecular complexity index is 292. The van der Waals surface area contributed by atoms with Crippen LogP contribution < -0.4 is 5.32 Å². The van der Waals surface area contributed by atoms with Gasteiger partial charge in [0.2, 0.25) is 0 Å². The normalized spacial score (nSPS) is 27.6. The van der Waals surface area contributed by atoms with Crippen molar-refractivity contribution in [1.29, 1.82) is 0 Å². The van der Waals surface area contributed by atoms with Crippen LogP contribution in [0.15, 0.2) is 4.99 Å². The molecule has 1 heterocycles. The molecule has 0 aromatic heterocycles. The largest absolute Gasteiger partial charge is 0.381 e. The maximum absolute atomic E-state index is 5.40. The van der Waals surface area contributed by atoms with Crippen LogP contribution in [0, 0.1) is 11.8 Å². The van der Waals surface area contributed by atoms with E-state index in [0.29, 0.717) is 6.04 Å². The van der Waals surface area contributed by atoms with E-state index in [1.165, 1.54) is 25.7 Å². The zero-order chi connectivity index (χ0) is 13.0. The standard InChI is InChI=1S/C14H27N3O.HI/c1-11-10-13(11)16-14(15-2)17(3)7-4-12-5-8-18-9-6-12;/h11-13H,4-10H2,1-3H3,(H,15,16);1H. The number of halogens is 1. The first-order valence-electron chi connectivity index (χ1n) is 7.23. The fourth-order valence-electron chi connectivity index (χ4n) is 2.55. The third kappa shape index (κ3) is 5.45. The molecule has 0 bridgehead atoms. The zero-order valence-electron chi connectivity index (χ0n) is 12.4. The van der Waals surface area contributed by atoms with E-state index >= 15 is 0 Å². The van der Waals surface area contributed by atoms with Gasteiger partial charge in [0.25, 0.3) is 0 Å². The second-order valence-corrected chi connectivity index (χ2v) is 5.78. The Morgan fingerprint density at radius 3 is 2.53 bits per heavy atom. The van der Waals surface area contributed by atoms with Crippen LogP contribution in [0.3, 0.4) is 0 Å². The fraction of sp³-hybridized carbons (Fsp3) is 0.929. The molecule has 0 aromatic rings. The van der Waals surface area contributed by atoms with E-state index in [9.17, 15) is 0 Å². The lowest BCUT2D eigenvalue weighted by Crippen LogP contribution is -2.41. The van der Waals surface area contributed by atoms with Gasteiger partial charge >= 0.3 is 0 Å². The van der Waals surface area contributed by atoms with Crippen molar-refractivity contribution in [3.63, 3.8) is 0 Å². The first-order chi connectivity index (χ1) is 8.70. The smallest absolute Gasteiger partial charge is 0.193 e. The SMILES string of the molecule is CN=C(NC1CC1C)N(C)CCC1CCOCC1.I. The molecular formula is C14H28IN3O. The Morgan fingerprint density at radius 2 is 2.00 bits per heavy atom. The van der Waals surface area contributed by atoms with Crippen molar-refractivity contribution in [2.45, 2.75) is 38.6 Å². The molecule has 1 aliphatic heterocycles. The van der Waals surface area contributed by atoms with E-state index in [1.807, 2.05) is 7.05 Å². The van der Waals surface area contributed by atoms with Crippen molar-refractivity contribution in [2.75, 3.05) is 33.9 Å². The molecule has 2 aliphatic rings. The Labute approximate surface area is 134 Å². The van der Waals surface area contributed by atoms with Gasteiger partial charge in [0, 0.05) is 39.9 Å². The highest BCUT2D eigenvalue weighted by atomic mass is 127. The number of rotatable bonds is 4. The van der Waals surface area contributed by atoms with Crippen LogP contribution in [0.25, 0.3) is 0 Å². The molecule has 1 aliphatic carbocycles. The minimum Gasteiger partial charge on any atom is -0.381 e. The van der Waals surface area contributed by atoms with Gasteiger partial charge in [-0.25, -0.2) is 0 Å². The van der Waals surface area contributed by atoms with Crippen LogP contribution in [0.5, 0.6) is 0 Å². The lowest BCUT2D eigenvalue weighted by atomic mass is 9.96. The molecule has 1 saturated heterocycles. The summed E-state index contributed by atoms with van der Waals surface area (Å²) >= 11 is 0. The zero-order valence-corrected chi connectivity index (χ0v) is 14.7. The van der Waals surface area contributed by atoms with Crippen molar-refractivity contribution in [2.24, 2.45) is 16.8 Å². The number of guanidine groups is 1. The van der Waals surface area contributed by atoms with Gasteiger partial charge in [0.15, 0.2) is 5.96 Å². The van der Waals surface area contributed by atoms with E-state index in [0.717, 1.165) is 37.6 Å². The van der Waals surface area contributed by atoms with Crippen molar-refractivity contribution in [1.82, 2.24) is 10.2 Å². The summed E-state index contributed by atoms with van der Waals surface area (Å²) in [5.74, 6) is 2.70. The van der Waals surface area contributed by atoms with Gasteiger partial charge in [-0.1, -0.05) is 6.92 Å². The van der Waals surface area contributed by atoms with Crippen molar-refractivity contribution < 1.29 is 4.74 Å². The molecule has 1 saturated carbocycles. The third-order valence-corrected chi connectivity index (χ3v) is 4.21. The molecule has 1 N–H and O–H groups in total. The fourth-order valence-corrected chi connectivity index (χ4v) is 2.55. The Hall–Kier alpha value is -0.0400. The molecule has 0 spiro atoms. The summed E-state index contributed by atoms with van der Waals surface area (Å²) in [6, 6.07) is 0.647. The van der Waals surface area contributed by atoms with Crippen LogP contribution in [0.1, 0.15) is 32.6 Å². The topological polar surface area (TPSA) is 36.9 Å².